The third-order valence-corrected chi connectivity index (χ3v) is 2.23. The monoisotopic (exact) mass is 249 g/mol. The smallest absolute Gasteiger partial charge is 0.242 e. The number of amides is 1. The molecular weight excluding hydrogens is 233 g/mol. The Hall–Kier alpha value is -2.09. The second kappa shape index (κ2) is 6.01. The average molecular weight is 249 g/mol. The molecule has 0 aromatic heterocycles. The first-order valence-corrected chi connectivity index (χ1v) is 5.70. The third-order valence-electron chi connectivity index (χ3n) is 2.23. The van der Waals surface area contributed by atoms with Crippen LogP contribution < -0.4 is 10.6 Å². The van der Waals surface area contributed by atoms with Crippen LogP contribution in [0, 0.1) is 17.1 Å². The highest BCUT2D eigenvalue weighted by Crippen LogP contribution is 2.14. The Morgan fingerprint density at radius 1 is 1.33 bits per heavy atom. The van der Waals surface area contributed by atoms with E-state index in [0.717, 1.165) is 6.07 Å². The van der Waals surface area contributed by atoms with Crippen LogP contribution in [0.5, 0.6) is 0 Å². The summed E-state index contributed by atoms with van der Waals surface area (Å²) in [6, 6.07) is 5.30. The number of rotatable bonds is 4. The molecule has 1 rings (SSSR count). The van der Waals surface area contributed by atoms with E-state index in [1.165, 1.54) is 12.1 Å². The van der Waals surface area contributed by atoms with Gasteiger partial charge in [0.25, 0.3) is 0 Å². The summed E-state index contributed by atoms with van der Waals surface area (Å²) < 4.78 is 13.2. The topological polar surface area (TPSA) is 64.9 Å². The Balaban J connectivity index is 2.76. The van der Waals surface area contributed by atoms with Gasteiger partial charge in [0.05, 0.1) is 11.6 Å². The van der Waals surface area contributed by atoms with E-state index in [2.05, 4.69) is 10.6 Å². The third kappa shape index (κ3) is 4.06. The fourth-order valence-corrected chi connectivity index (χ4v) is 1.46. The Bertz CT molecular complexity index is 480. The maximum absolute atomic E-state index is 13.2. The van der Waals surface area contributed by atoms with E-state index in [-0.39, 0.29) is 17.5 Å². The highest BCUT2D eigenvalue weighted by atomic mass is 19.1. The molecule has 1 unspecified atom stereocenters. The van der Waals surface area contributed by atoms with Gasteiger partial charge in [-0.25, -0.2) is 4.39 Å². The number of hydrogen-bond donors (Lipinski definition) is 2. The summed E-state index contributed by atoms with van der Waals surface area (Å²) in [5, 5.41) is 14.3. The van der Waals surface area contributed by atoms with Gasteiger partial charge in [-0.15, -0.1) is 0 Å². The number of anilines is 1. The molecule has 0 bridgehead atoms. The number of carbonyl (C=O) groups is 1. The van der Waals surface area contributed by atoms with Crippen LogP contribution in [-0.4, -0.2) is 18.0 Å². The van der Waals surface area contributed by atoms with Crippen LogP contribution in [0.25, 0.3) is 0 Å². The molecule has 1 amide bonds. The predicted octanol–water partition coefficient (Wildman–Crippen LogP) is 2.02. The summed E-state index contributed by atoms with van der Waals surface area (Å²) in [4.78, 5) is 11.7. The van der Waals surface area contributed by atoms with Gasteiger partial charge in [0.1, 0.15) is 11.9 Å². The molecule has 0 saturated carbocycles. The predicted molar refractivity (Wildman–Crippen MR) is 67.5 cm³/mol. The summed E-state index contributed by atoms with van der Waals surface area (Å²) in [5.74, 6) is -0.680. The minimum atomic E-state index is -0.506. The van der Waals surface area contributed by atoms with Gasteiger partial charge in [-0.05, 0) is 39.0 Å². The number of nitriles is 1. The van der Waals surface area contributed by atoms with E-state index in [1.54, 1.807) is 6.92 Å². The first-order chi connectivity index (χ1) is 8.42. The minimum Gasteiger partial charge on any atom is -0.374 e. The Kier molecular flexibility index (Phi) is 4.67. The van der Waals surface area contributed by atoms with Crippen LogP contribution in [0.3, 0.4) is 0 Å². The molecule has 0 radical (unpaired) electrons. The number of carbonyl (C=O) groups excluding carboxylic acids is 1. The molecule has 96 valence electrons. The number of halogens is 1. The summed E-state index contributed by atoms with van der Waals surface area (Å²) in [6.07, 6.45) is 0. The van der Waals surface area contributed by atoms with Crippen molar-refractivity contribution in [3.63, 3.8) is 0 Å². The summed E-state index contributed by atoms with van der Waals surface area (Å²) in [6.45, 7) is 5.40. The van der Waals surface area contributed by atoms with Crippen LogP contribution in [0.4, 0.5) is 10.1 Å². The van der Waals surface area contributed by atoms with Crippen LogP contribution >= 0.6 is 0 Å². The van der Waals surface area contributed by atoms with Crippen LogP contribution in [0.2, 0.25) is 0 Å². The molecule has 1 aromatic rings. The molecule has 0 aliphatic rings. The lowest BCUT2D eigenvalue weighted by Crippen LogP contribution is -2.41. The molecule has 5 heteroatoms. The lowest BCUT2D eigenvalue weighted by Gasteiger charge is -2.17. The molecule has 0 fully saturated rings. The van der Waals surface area contributed by atoms with Gasteiger partial charge < -0.3 is 10.6 Å². The van der Waals surface area contributed by atoms with Gasteiger partial charge in [-0.1, -0.05) is 0 Å². The maximum atomic E-state index is 13.2. The summed E-state index contributed by atoms with van der Waals surface area (Å²) in [5.41, 5.74) is 0.631. The van der Waals surface area contributed by atoms with Gasteiger partial charge >= 0.3 is 0 Å². The van der Waals surface area contributed by atoms with E-state index in [9.17, 15) is 9.18 Å². The second-order valence-electron chi connectivity index (χ2n) is 4.37. The summed E-state index contributed by atoms with van der Waals surface area (Å²) in [7, 11) is 0. The maximum Gasteiger partial charge on any atom is 0.242 e. The first kappa shape index (κ1) is 14.0. The summed E-state index contributed by atoms with van der Waals surface area (Å²) >= 11 is 0. The van der Waals surface area contributed by atoms with Crippen molar-refractivity contribution in [3.8, 4) is 6.07 Å². The van der Waals surface area contributed by atoms with E-state index >= 15 is 0 Å². The zero-order valence-corrected chi connectivity index (χ0v) is 10.6. The first-order valence-electron chi connectivity index (χ1n) is 5.70. The van der Waals surface area contributed by atoms with E-state index < -0.39 is 11.9 Å². The van der Waals surface area contributed by atoms with Crippen molar-refractivity contribution in [1.82, 2.24) is 5.32 Å². The average Bonchev–Trinajstić information content (AvgIpc) is 2.27. The molecular formula is C13H16FN3O. The van der Waals surface area contributed by atoms with Crippen molar-refractivity contribution in [1.29, 1.82) is 5.26 Å². The molecule has 0 aliphatic heterocycles. The van der Waals surface area contributed by atoms with Gasteiger partial charge in [0.2, 0.25) is 5.91 Å². The lowest BCUT2D eigenvalue weighted by atomic mass is 10.2. The molecule has 0 aliphatic carbocycles. The zero-order chi connectivity index (χ0) is 13.7. The molecule has 1 atom stereocenters. The zero-order valence-electron chi connectivity index (χ0n) is 10.6. The van der Waals surface area contributed by atoms with Crippen molar-refractivity contribution in [2.45, 2.75) is 32.9 Å². The molecule has 2 N–H and O–H groups in total. The highest BCUT2D eigenvalue weighted by molar-refractivity contribution is 5.84. The highest BCUT2D eigenvalue weighted by Gasteiger charge is 2.13. The number of hydrogen-bond acceptors (Lipinski definition) is 3. The van der Waals surface area contributed by atoms with Gasteiger partial charge in [-0.3, -0.25) is 4.79 Å². The Labute approximate surface area is 106 Å². The molecule has 18 heavy (non-hydrogen) atoms. The van der Waals surface area contributed by atoms with Crippen LogP contribution in [0.1, 0.15) is 26.3 Å². The largest absolute Gasteiger partial charge is 0.374 e. The van der Waals surface area contributed by atoms with Gasteiger partial charge in [-0.2, -0.15) is 5.26 Å². The van der Waals surface area contributed by atoms with Crippen molar-refractivity contribution in [3.05, 3.63) is 29.6 Å². The van der Waals surface area contributed by atoms with Crippen LogP contribution in [0.15, 0.2) is 18.2 Å². The Morgan fingerprint density at radius 3 is 2.56 bits per heavy atom. The van der Waals surface area contributed by atoms with E-state index in [0.29, 0.717) is 5.69 Å². The number of nitrogens with one attached hydrogen (secondary N) is 2. The van der Waals surface area contributed by atoms with E-state index in [4.69, 9.17) is 5.26 Å². The molecule has 0 spiro atoms. The van der Waals surface area contributed by atoms with Crippen molar-refractivity contribution in [2.75, 3.05) is 5.32 Å². The van der Waals surface area contributed by atoms with Crippen molar-refractivity contribution >= 4 is 11.6 Å². The normalized spacial score (nSPS) is 11.8. The molecule has 0 saturated heterocycles. The minimum absolute atomic E-state index is 0.0453. The van der Waals surface area contributed by atoms with Gasteiger partial charge in [0, 0.05) is 11.7 Å². The Morgan fingerprint density at radius 2 is 2.00 bits per heavy atom. The molecule has 1 aromatic carbocycles. The second-order valence-corrected chi connectivity index (χ2v) is 4.37. The number of benzene rings is 1. The van der Waals surface area contributed by atoms with Crippen LogP contribution in [-0.2, 0) is 4.79 Å². The fourth-order valence-electron chi connectivity index (χ4n) is 1.46. The number of nitrogens with zero attached hydrogens (tertiary/aromatic N) is 1. The lowest BCUT2D eigenvalue weighted by molar-refractivity contribution is -0.122. The SMILES string of the molecule is CC(C)NC(=O)C(C)Nc1cc(F)cc(C#N)c1. The molecule has 4 nitrogen and oxygen atoms in total. The fraction of sp³-hybridized carbons (Fsp3) is 0.385. The quantitative estimate of drug-likeness (QED) is 0.858. The molecule has 0 heterocycles. The van der Waals surface area contributed by atoms with Gasteiger partial charge in [0.15, 0.2) is 0 Å². The van der Waals surface area contributed by atoms with Crippen molar-refractivity contribution < 1.29 is 9.18 Å². The van der Waals surface area contributed by atoms with Crippen molar-refractivity contribution in [2.24, 2.45) is 0 Å². The van der Waals surface area contributed by atoms with E-state index in [1.807, 2.05) is 19.9 Å². The standard InChI is InChI=1S/C13H16FN3O/c1-8(2)16-13(18)9(3)17-12-5-10(7-15)4-11(14)6-12/h4-6,8-9,17H,1-3H3,(H,16,18).